The van der Waals surface area contributed by atoms with Crippen LogP contribution in [0, 0.1) is 0 Å². The first-order chi connectivity index (χ1) is 10.2. The molecule has 1 aromatic carbocycles. The van der Waals surface area contributed by atoms with Gasteiger partial charge in [-0.05, 0) is 30.7 Å². The van der Waals surface area contributed by atoms with E-state index in [1.807, 2.05) is 22.9 Å². The second-order valence-corrected chi connectivity index (χ2v) is 5.14. The molecule has 114 valence electrons. The molecule has 0 aliphatic rings. The van der Waals surface area contributed by atoms with Crippen molar-refractivity contribution in [3.05, 3.63) is 40.9 Å². The maximum Gasteiger partial charge on any atom is 0.164 e. The fourth-order valence-corrected chi connectivity index (χ4v) is 2.24. The lowest BCUT2D eigenvalue weighted by Crippen LogP contribution is -2.11. The molecule has 0 fully saturated rings. The predicted molar refractivity (Wildman–Crippen MR) is 83.5 cm³/mol. The number of hydrogen-bond donors (Lipinski definition) is 1. The molecule has 2 aromatic rings. The average Bonchev–Trinajstić information content (AvgIpc) is 2.92. The minimum Gasteiger partial charge on any atom is -0.484 e. The van der Waals surface area contributed by atoms with Crippen LogP contribution < -0.4 is 10.1 Å². The molecule has 1 N–H and O–H groups in total. The molecular formula is C15H21ClN4O. The van der Waals surface area contributed by atoms with Crippen LogP contribution in [0.3, 0.4) is 0 Å². The van der Waals surface area contributed by atoms with E-state index in [1.54, 1.807) is 6.33 Å². The monoisotopic (exact) mass is 308 g/mol. The van der Waals surface area contributed by atoms with Crippen molar-refractivity contribution in [2.24, 2.45) is 0 Å². The normalized spacial score (nSPS) is 10.8. The Hall–Kier alpha value is -1.59. The Bertz CT molecular complexity index is 571. The Morgan fingerprint density at radius 1 is 1.33 bits per heavy atom. The van der Waals surface area contributed by atoms with Gasteiger partial charge in [0.15, 0.2) is 5.82 Å². The molecule has 0 saturated carbocycles. The molecule has 2 rings (SSSR count). The Morgan fingerprint density at radius 3 is 2.90 bits per heavy atom. The molecule has 0 bridgehead atoms. The summed E-state index contributed by atoms with van der Waals surface area (Å²) in [4.78, 5) is 4.21. The Balaban J connectivity index is 1.98. The number of hydrogen-bond acceptors (Lipinski definition) is 4. The Morgan fingerprint density at radius 2 is 2.19 bits per heavy atom. The molecule has 21 heavy (non-hydrogen) atoms. The van der Waals surface area contributed by atoms with E-state index in [0.29, 0.717) is 17.4 Å². The zero-order chi connectivity index (χ0) is 15.1. The lowest BCUT2D eigenvalue weighted by atomic mass is 10.2. The van der Waals surface area contributed by atoms with Gasteiger partial charge in [0.2, 0.25) is 0 Å². The molecule has 0 atom stereocenters. The Labute approximate surface area is 130 Å². The third-order valence-electron chi connectivity index (χ3n) is 3.06. The van der Waals surface area contributed by atoms with Gasteiger partial charge in [-0.1, -0.05) is 31.5 Å². The van der Waals surface area contributed by atoms with Crippen LogP contribution in [0.15, 0.2) is 24.5 Å². The van der Waals surface area contributed by atoms with Crippen molar-refractivity contribution in [1.29, 1.82) is 0 Å². The van der Waals surface area contributed by atoms with Crippen molar-refractivity contribution in [2.75, 3.05) is 6.54 Å². The van der Waals surface area contributed by atoms with Crippen LogP contribution in [-0.4, -0.2) is 21.3 Å². The maximum atomic E-state index is 6.25. The zero-order valence-electron chi connectivity index (χ0n) is 12.5. The molecule has 0 saturated heterocycles. The molecule has 0 aliphatic heterocycles. The number of benzene rings is 1. The average molecular weight is 309 g/mol. The molecule has 6 heteroatoms. The summed E-state index contributed by atoms with van der Waals surface area (Å²) < 4.78 is 7.61. The quantitative estimate of drug-likeness (QED) is 0.814. The van der Waals surface area contributed by atoms with Gasteiger partial charge in [0.1, 0.15) is 18.7 Å². The lowest BCUT2D eigenvalue weighted by Gasteiger charge is -2.10. The van der Waals surface area contributed by atoms with Gasteiger partial charge < -0.3 is 10.1 Å². The third kappa shape index (κ3) is 4.44. The van der Waals surface area contributed by atoms with Crippen LogP contribution >= 0.6 is 11.6 Å². The lowest BCUT2D eigenvalue weighted by molar-refractivity contribution is 0.286. The first-order valence-corrected chi connectivity index (χ1v) is 7.61. The van der Waals surface area contributed by atoms with Gasteiger partial charge in [0, 0.05) is 13.1 Å². The topological polar surface area (TPSA) is 52.0 Å². The summed E-state index contributed by atoms with van der Waals surface area (Å²) in [5.41, 5.74) is 1.14. The summed E-state index contributed by atoms with van der Waals surface area (Å²) in [6, 6.07) is 5.84. The van der Waals surface area contributed by atoms with Gasteiger partial charge in [-0.25, -0.2) is 9.67 Å². The van der Waals surface area contributed by atoms with Crippen molar-refractivity contribution in [2.45, 2.75) is 40.0 Å². The summed E-state index contributed by atoms with van der Waals surface area (Å²) >= 11 is 6.25. The number of rotatable bonds is 8. The summed E-state index contributed by atoms with van der Waals surface area (Å²) in [5.74, 6) is 1.48. The van der Waals surface area contributed by atoms with Crippen molar-refractivity contribution in [3.8, 4) is 5.75 Å². The molecular weight excluding hydrogens is 288 g/mol. The van der Waals surface area contributed by atoms with E-state index in [2.05, 4.69) is 29.2 Å². The fourth-order valence-electron chi connectivity index (χ4n) is 1.98. The van der Waals surface area contributed by atoms with Crippen molar-refractivity contribution >= 4 is 11.6 Å². The molecule has 5 nitrogen and oxygen atoms in total. The second-order valence-electron chi connectivity index (χ2n) is 4.73. The van der Waals surface area contributed by atoms with Gasteiger partial charge in [0.25, 0.3) is 0 Å². The van der Waals surface area contributed by atoms with Crippen molar-refractivity contribution in [3.63, 3.8) is 0 Å². The van der Waals surface area contributed by atoms with Crippen LogP contribution in [-0.2, 0) is 19.7 Å². The Kier molecular flexibility index (Phi) is 6.02. The van der Waals surface area contributed by atoms with Crippen molar-refractivity contribution in [1.82, 2.24) is 20.1 Å². The van der Waals surface area contributed by atoms with Gasteiger partial charge >= 0.3 is 0 Å². The van der Waals surface area contributed by atoms with E-state index in [1.165, 1.54) is 0 Å². The smallest absolute Gasteiger partial charge is 0.164 e. The molecule has 1 heterocycles. The maximum absolute atomic E-state index is 6.25. The third-order valence-corrected chi connectivity index (χ3v) is 3.36. The zero-order valence-corrected chi connectivity index (χ0v) is 13.2. The molecule has 1 aromatic heterocycles. The van der Waals surface area contributed by atoms with E-state index in [4.69, 9.17) is 16.3 Å². The summed E-state index contributed by atoms with van der Waals surface area (Å²) in [7, 11) is 0. The molecule has 0 spiro atoms. The van der Waals surface area contributed by atoms with Gasteiger partial charge in [0.05, 0.1) is 5.02 Å². The van der Waals surface area contributed by atoms with Crippen molar-refractivity contribution < 1.29 is 4.74 Å². The number of ether oxygens (including phenoxy) is 1. The minimum atomic E-state index is 0.367. The summed E-state index contributed by atoms with van der Waals surface area (Å²) in [6.45, 7) is 7.13. The van der Waals surface area contributed by atoms with Crippen LogP contribution in [0.5, 0.6) is 5.75 Å². The predicted octanol–water partition coefficient (Wildman–Crippen LogP) is 3.03. The van der Waals surface area contributed by atoms with E-state index < -0.39 is 0 Å². The summed E-state index contributed by atoms with van der Waals surface area (Å²) in [6.07, 6.45) is 2.56. The highest BCUT2D eigenvalue weighted by Gasteiger charge is 2.07. The van der Waals surface area contributed by atoms with Crippen LogP contribution in [0.25, 0.3) is 0 Å². The van der Waals surface area contributed by atoms with Gasteiger partial charge in [-0.2, -0.15) is 5.10 Å². The van der Waals surface area contributed by atoms with Crippen LogP contribution in [0.1, 0.15) is 31.7 Å². The van der Waals surface area contributed by atoms with Crippen LogP contribution in [0.2, 0.25) is 5.02 Å². The number of nitrogens with zero attached hydrogens (tertiary/aromatic N) is 3. The highest BCUT2D eigenvalue weighted by atomic mass is 35.5. The van der Waals surface area contributed by atoms with E-state index >= 15 is 0 Å². The molecule has 0 radical (unpaired) electrons. The summed E-state index contributed by atoms with van der Waals surface area (Å²) in [5, 5.41) is 8.06. The second kappa shape index (κ2) is 8.00. The van der Waals surface area contributed by atoms with E-state index in [-0.39, 0.29) is 0 Å². The number of aryl methyl sites for hydroxylation is 1. The van der Waals surface area contributed by atoms with E-state index in [9.17, 15) is 0 Å². The van der Waals surface area contributed by atoms with Gasteiger partial charge in [-0.3, -0.25) is 0 Å². The van der Waals surface area contributed by atoms with Crippen LogP contribution in [0.4, 0.5) is 0 Å². The highest BCUT2D eigenvalue weighted by molar-refractivity contribution is 6.32. The largest absolute Gasteiger partial charge is 0.484 e. The molecule has 0 aliphatic carbocycles. The standard InChI is InChI=1S/C15H21ClN4O/c1-3-7-20-15(18-11-19-20)10-21-14-6-5-12(8-13(14)16)9-17-4-2/h5-6,8,11,17H,3-4,7,9-10H2,1-2H3. The first kappa shape index (κ1) is 15.8. The number of nitrogens with one attached hydrogen (secondary N) is 1. The first-order valence-electron chi connectivity index (χ1n) is 7.23. The number of halogens is 1. The van der Waals surface area contributed by atoms with E-state index in [0.717, 1.165) is 37.4 Å². The molecule has 0 amide bonds. The minimum absolute atomic E-state index is 0.367. The van der Waals surface area contributed by atoms with Gasteiger partial charge in [-0.15, -0.1) is 0 Å². The number of aromatic nitrogens is 3. The molecule has 0 unspecified atom stereocenters. The SMILES string of the molecule is CCCn1ncnc1COc1ccc(CNCC)cc1Cl. The fraction of sp³-hybridized carbons (Fsp3) is 0.467. The highest BCUT2D eigenvalue weighted by Crippen LogP contribution is 2.26.